The molecule has 2 aromatic carbocycles. The molecule has 1 N–H and O–H groups in total. The molecule has 0 radical (unpaired) electrons. The molecule has 0 amide bonds. The van der Waals surface area contributed by atoms with Crippen LogP contribution in [0.25, 0.3) is 0 Å². The second kappa shape index (κ2) is 6.83. The van der Waals surface area contributed by atoms with Crippen LogP contribution in [0.5, 0.6) is 0 Å². The Morgan fingerprint density at radius 2 is 1.86 bits per heavy atom. The van der Waals surface area contributed by atoms with Crippen molar-refractivity contribution in [1.29, 1.82) is 0 Å². The van der Waals surface area contributed by atoms with E-state index in [1.165, 1.54) is 12.1 Å². The minimum absolute atomic E-state index is 0.0477. The van der Waals surface area contributed by atoms with Crippen LogP contribution in [0.2, 0.25) is 15.1 Å². The van der Waals surface area contributed by atoms with Crippen LogP contribution in [-0.2, 0) is 6.54 Å². The van der Waals surface area contributed by atoms with Crippen LogP contribution < -0.4 is 5.32 Å². The number of non-ortho nitro benzene ring substituents is 1. The molecular weight excluding hydrogens is 402 g/mol. The fourth-order valence-electron chi connectivity index (χ4n) is 1.65. The van der Waals surface area contributed by atoms with Crippen LogP contribution >= 0.6 is 50.7 Å². The van der Waals surface area contributed by atoms with Gasteiger partial charge in [0.15, 0.2) is 0 Å². The molecule has 8 heteroatoms. The first-order chi connectivity index (χ1) is 9.90. The van der Waals surface area contributed by atoms with Gasteiger partial charge in [-0.2, -0.15) is 0 Å². The van der Waals surface area contributed by atoms with E-state index in [0.717, 1.165) is 5.56 Å². The summed E-state index contributed by atoms with van der Waals surface area (Å²) in [6, 6.07) is 7.86. The van der Waals surface area contributed by atoms with Gasteiger partial charge in [-0.25, -0.2) is 0 Å². The summed E-state index contributed by atoms with van der Waals surface area (Å²) < 4.78 is 0.702. The highest BCUT2D eigenvalue weighted by Gasteiger charge is 2.11. The summed E-state index contributed by atoms with van der Waals surface area (Å²) in [4.78, 5) is 10.2. The summed E-state index contributed by atoms with van der Waals surface area (Å²) >= 11 is 21.5. The summed E-state index contributed by atoms with van der Waals surface area (Å²) in [7, 11) is 0. The van der Waals surface area contributed by atoms with Gasteiger partial charge in [0.1, 0.15) is 0 Å². The van der Waals surface area contributed by atoms with Crippen LogP contribution in [0.1, 0.15) is 5.56 Å². The molecule has 0 spiro atoms. The maximum Gasteiger partial charge on any atom is 0.270 e. The Morgan fingerprint density at radius 1 is 1.14 bits per heavy atom. The summed E-state index contributed by atoms with van der Waals surface area (Å²) in [5.41, 5.74) is 1.32. The first-order valence-electron chi connectivity index (χ1n) is 5.70. The maximum absolute atomic E-state index is 10.7. The number of nitro groups is 1. The highest BCUT2D eigenvalue weighted by atomic mass is 79.9. The van der Waals surface area contributed by atoms with Crippen LogP contribution in [0.15, 0.2) is 34.8 Å². The third kappa shape index (κ3) is 3.80. The van der Waals surface area contributed by atoms with Crippen molar-refractivity contribution in [3.63, 3.8) is 0 Å². The van der Waals surface area contributed by atoms with Gasteiger partial charge in [0, 0.05) is 23.2 Å². The lowest BCUT2D eigenvalue weighted by molar-refractivity contribution is -0.384. The van der Waals surface area contributed by atoms with Crippen LogP contribution in [0.3, 0.4) is 0 Å². The van der Waals surface area contributed by atoms with Crippen molar-refractivity contribution >= 4 is 62.1 Å². The Kier molecular flexibility index (Phi) is 5.32. The highest BCUT2D eigenvalue weighted by Crippen LogP contribution is 2.36. The molecule has 0 unspecified atom stereocenters. The number of halogens is 4. The lowest BCUT2D eigenvalue weighted by Gasteiger charge is -2.11. The third-order valence-corrected chi connectivity index (χ3v) is 4.87. The fourth-order valence-corrected chi connectivity index (χ4v) is 2.73. The topological polar surface area (TPSA) is 55.2 Å². The zero-order valence-electron chi connectivity index (χ0n) is 10.4. The Labute approximate surface area is 144 Å². The normalized spacial score (nSPS) is 10.5. The molecule has 0 fully saturated rings. The molecule has 2 aromatic rings. The van der Waals surface area contributed by atoms with E-state index in [9.17, 15) is 10.1 Å². The molecule has 4 nitrogen and oxygen atoms in total. The summed E-state index contributed by atoms with van der Waals surface area (Å²) in [5, 5.41) is 14.9. The van der Waals surface area contributed by atoms with Crippen molar-refractivity contribution < 1.29 is 4.92 Å². The standard InChI is InChI=1S/C13H8BrCl3N2O2/c14-9-3-4-11(13(17)12(9)16)18-6-7-1-2-8(19(20)21)5-10(7)15/h1-5,18H,6H2. The quantitative estimate of drug-likeness (QED) is 0.386. The molecule has 2 rings (SSSR count). The number of nitrogens with zero attached hydrogens (tertiary/aromatic N) is 1. The van der Waals surface area contributed by atoms with E-state index in [1.807, 2.05) is 0 Å². The Hall–Kier alpha value is -1.01. The molecule has 0 heterocycles. The van der Waals surface area contributed by atoms with Gasteiger partial charge in [0.2, 0.25) is 0 Å². The van der Waals surface area contributed by atoms with E-state index < -0.39 is 4.92 Å². The lowest BCUT2D eigenvalue weighted by Crippen LogP contribution is -2.01. The van der Waals surface area contributed by atoms with E-state index >= 15 is 0 Å². The summed E-state index contributed by atoms with van der Waals surface area (Å²) in [6.07, 6.45) is 0. The van der Waals surface area contributed by atoms with Gasteiger partial charge in [0.05, 0.1) is 25.7 Å². The van der Waals surface area contributed by atoms with E-state index in [4.69, 9.17) is 34.8 Å². The average molecular weight is 410 g/mol. The molecule has 0 atom stereocenters. The van der Waals surface area contributed by atoms with Gasteiger partial charge < -0.3 is 5.32 Å². The molecular formula is C13H8BrCl3N2O2. The van der Waals surface area contributed by atoms with E-state index in [-0.39, 0.29) is 5.69 Å². The molecule has 0 aliphatic rings. The second-order valence-electron chi connectivity index (χ2n) is 4.11. The van der Waals surface area contributed by atoms with Crippen molar-refractivity contribution in [1.82, 2.24) is 0 Å². The maximum atomic E-state index is 10.7. The Morgan fingerprint density at radius 3 is 2.48 bits per heavy atom. The molecule has 0 saturated carbocycles. The minimum atomic E-state index is -0.492. The first-order valence-corrected chi connectivity index (χ1v) is 7.63. The number of hydrogen-bond donors (Lipinski definition) is 1. The zero-order chi connectivity index (χ0) is 15.6. The summed E-state index contributed by atoms with van der Waals surface area (Å²) in [5.74, 6) is 0. The number of hydrogen-bond acceptors (Lipinski definition) is 3. The van der Waals surface area contributed by atoms with Crippen molar-refractivity contribution in [2.24, 2.45) is 0 Å². The summed E-state index contributed by atoms with van der Waals surface area (Å²) in [6.45, 7) is 0.370. The molecule has 0 aliphatic heterocycles. The van der Waals surface area contributed by atoms with Gasteiger partial charge in [-0.1, -0.05) is 34.8 Å². The largest absolute Gasteiger partial charge is 0.380 e. The predicted octanol–water partition coefficient (Wildman–Crippen LogP) is 5.93. The van der Waals surface area contributed by atoms with Gasteiger partial charge >= 0.3 is 0 Å². The monoisotopic (exact) mass is 408 g/mol. The van der Waals surface area contributed by atoms with E-state index in [0.29, 0.717) is 31.8 Å². The van der Waals surface area contributed by atoms with Crippen LogP contribution in [0.4, 0.5) is 11.4 Å². The first kappa shape index (κ1) is 16.4. The van der Waals surface area contributed by atoms with Gasteiger partial charge in [-0.15, -0.1) is 0 Å². The molecule has 0 bridgehead atoms. The Bertz CT molecular complexity index is 710. The fraction of sp³-hybridized carbons (Fsp3) is 0.0769. The number of anilines is 1. The predicted molar refractivity (Wildman–Crippen MR) is 89.6 cm³/mol. The highest BCUT2D eigenvalue weighted by molar-refractivity contribution is 9.10. The van der Waals surface area contributed by atoms with Crippen LogP contribution in [-0.4, -0.2) is 4.92 Å². The van der Waals surface area contributed by atoms with Crippen molar-refractivity contribution in [2.45, 2.75) is 6.54 Å². The lowest BCUT2D eigenvalue weighted by atomic mass is 10.2. The number of benzene rings is 2. The number of nitrogens with one attached hydrogen (secondary N) is 1. The number of nitro benzene ring substituents is 1. The average Bonchev–Trinajstić information content (AvgIpc) is 2.45. The van der Waals surface area contributed by atoms with Gasteiger partial charge in [0.25, 0.3) is 5.69 Å². The number of rotatable bonds is 4. The molecule has 110 valence electrons. The van der Waals surface area contributed by atoms with Gasteiger partial charge in [-0.3, -0.25) is 10.1 Å². The van der Waals surface area contributed by atoms with E-state index in [1.54, 1.807) is 18.2 Å². The molecule has 21 heavy (non-hydrogen) atoms. The van der Waals surface area contributed by atoms with Gasteiger partial charge in [-0.05, 0) is 39.7 Å². The molecule has 0 saturated heterocycles. The zero-order valence-corrected chi connectivity index (χ0v) is 14.2. The van der Waals surface area contributed by atoms with E-state index in [2.05, 4.69) is 21.2 Å². The molecule has 0 aromatic heterocycles. The smallest absolute Gasteiger partial charge is 0.270 e. The molecule has 0 aliphatic carbocycles. The van der Waals surface area contributed by atoms with Crippen molar-refractivity contribution in [3.8, 4) is 0 Å². The SMILES string of the molecule is O=[N+]([O-])c1ccc(CNc2ccc(Br)c(Cl)c2Cl)c(Cl)c1. The van der Waals surface area contributed by atoms with Crippen LogP contribution in [0, 0.1) is 10.1 Å². The second-order valence-corrected chi connectivity index (χ2v) is 6.13. The Balaban J connectivity index is 2.17. The van der Waals surface area contributed by atoms with Crippen molar-refractivity contribution in [3.05, 3.63) is 65.6 Å². The third-order valence-electron chi connectivity index (χ3n) is 2.75. The van der Waals surface area contributed by atoms with Crippen molar-refractivity contribution in [2.75, 3.05) is 5.32 Å². The minimum Gasteiger partial charge on any atom is -0.380 e.